The molecular weight excluding hydrogens is 340 g/mol. The number of carbonyl (C=O) groups excluding carboxylic acids is 1. The molecule has 5 heteroatoms. The molecule has 0 unspecified atom stereocenters. The third kappa shape index (κ3) is 4.03. The number of aryl methyl sites for hydroxylation is 3. The molecule has 3 rings (SSSR count). The normalized spacial score (nSPS) is 11.7. The number of amides is 1. The number of anilines is 1. The Morgan fingerprint density at radius 3 is 2.74 bits per heavy atom. The van der Waals surface area contributed by atoms with Crippen molar-refractivity contribution in [3.05, 3.63) is 59.0 Å². The average Bonchev–Trinajstić information content (AvgIpc) is 2.88. The minimum absolute atomic E-state index is 0.228. The Kier molecular flexibility index (Phi) is 5.31. The number of aromatic nitrogens is 1. The van der Waals surface area contributed by atoms with Gasteiger partial charge in [0.25, 0.3) is 0 Å². The minimum Gasteiger partial charge on any atom is -0.493 e. The predicted octanol–water partition coefficient (Wildman–Crippen LogP) is 5.19. The first-order valence-corrected chi connectivity index (χ1v) is 8.99. The Hall–Kier alpha value is -3.08. The summed E-state index contributed by atoms with van der Waals surface area (Å²) in [6, 6.07) is 9.43. The number of ether oxygens (including phenoxy) is 1. The molecule has 1 aromatic carbocycles. The topological polar surface area (TPSA) is 64.4 Å². The van der Waals surface area contributed by atoms with Crippen molar-refractivity contribution in [3.8, 4) is 5.75 Å². The lowest BCUT2D eigenvalue weighted by Gasteiger charge is -2.11. The highest BCUT2D eigenvalue weighted by Gasteiger charge is 2.14. The van der Waals surface area contributed by atoms with Gasteiger partial charge in [0.15, 0.2) is 0 Å². The van der Waals surface area contributed by atoms with E-state index >= 15 is 0 Å². The van der Waals surface area contributed by atoms with E-state index in [0.717, 1.165) is 39.1 Å². The van der Waals surface area contributed by atoms with Gasteiger partial charge in [0, 0.05) is 28.8 Å². The average molecular weight is 364 g/mol. The molecular formula is C22H24N2O3. The van der Waals surface area contributed by atoms with Gasteiger partial charge in [-0.25, -0.2) is 4.98 Å². The number of nitrogens with zero attached hydrogens (tertiary/aromatic N) is 1. The number of hydrogen-bond acceptors (Lipinski definition) is 4. The molecule has 0 radical (unpaired) electrons. The molecule has 27 heavy (non-hydrogen) atoms. The quantitative estimate of drug-likeness (QED) is 0.633. The minimum atomic E-state index is -0.228. The van der Waals surface area contributed by atoms with Crippen LogP contribution in [-0.2, 0) is 4.79 Å². The van der Waals surface area contributed by atoms with Crippen LogP contribution in [0.4, 0.5) is 5.82 Å². The summed E-state index contributed by atoms with van der Waals surface area (Å²) in [7, 11) is 0. The molecule has 0 saturated heterocycles. The summed E-state index contributed by atoms with van der Waals surface area (Å²) in [5, 5.41) is 3.83. The zero-order valence-corrected chi connectivity index (χ0v) is 16.3. The maximum absolute atomic E-state index is 12.4. The van der Waals surface area contributed by atoms with Crippen LogP contribution in [0.1, 0.15) is 36.4 Å². The van der Waals surface area contributed by atoms with Crippen LogP contribution in [0.3, 0.4) is 0 Å². The number of allylic oxidation sites excluding steroid dienone is 1. The van der Waals surface area contributed by atoms with Crippen LogP contribution < -0.4 is 10.1 Å². The zero-order chi connectivity index (χ0) is 19.6. The molecule has 0 aliphatic rings. The number of hydrogen-bond donors (Lipinski definition) is 1. The van der Waals surface area contributed by atoms with Crippen molar-refractivity contribution in [2.75, 3.05) is 11.9 Å². The van der Waals surface area contributed by atoms with Gasteiger partial charge < -0.3 is 14.5 Å². The van der Waals surface area contributed by atoms with Gasteiger partial charge in [0.2, 0.25) is 5.91 Å². The Bertz CT molecular complexity index is 1030. The summed E-state index contributed by atoms with van der Waals surface area (Å²) in [4.78, 5) is 16.7. The molecule has 140 valence electrons. The van der Waals surface area contributed by atoms with E-state index in [-0.39, 0.29) is 5.91 Å². The van der Waals surface area contributed by atoms with E-state index in [1.807, 2.05) is 58.9 Å². The van der Waals surface area contributed by atoms with Crippen LogP contribution in [-0.4, -0.2) is 17.5 Å². The Labute approximate surface area is 159 Å². The number of nitrogens with one attached hydrogen (secondary N) is 1. The third-order valence-corrected chi connectivity index (χ3v) is 4.49. The van der Waals surface area contributed by atoms with Crippen LogP contribution in [0, 0.1) is 20.8 Å². The number of fused-ring (bicyclic) bond motifs is 1. The zero-order valence-electron chi connectivity index (χ0n) is 16.3. The molecule has 0 spiro atoms. The lowest BCUT2D eigenvalue weighted by molar-refractivity contribution is -0.111. The van der Waals surface area contributed by atoms with Gasteiger partial charge in [-0.2, -0.15) is 0 Å². The fourth-order valence-electron chi connectivity index (χ4n) is 3.00. The molecule has 0 aliphatic carbocycles. The molecule has 1 N–H and O–H groups in total. The fraction of sp³-hybridized carbons (Fsp3) is 0.273. The van der Waals surface area contributed by atoms with E-state index in [1.165, 1.54) is 0 Å². The van der Waals surface area contributed by atoms with E-state index in [0.29, 0.717) is 18.2 Å². The van der Waals surface area contributed by atoms with Gasteiger partial charge in [0.05, 0.1) is 6.61 Å². The van der Waals surface area contributed by atoms with Gasteiger partial charge in [0.1, 0.15) is 22.9 Å². The van der Waals surface area contributed by atoms with Crippen molar-refractivity contribution in [2.45, 2.75) is 34.6 Å². The highest BCUT2D eigenvalue weighted by Crippen LogP contribution is 2.35. The summed E-state index contributed by atoms with van der Waals surface area (Å²) in [5.74, 6) is 1.89. The molecule has 0 bridgehead atoms. The number of rotatable bonds is 5. The van der Waals surface area contributed by atoms with Gasteiger partial charge in [-0.15, -0.1) is 0 Å². The Morgan fingerprint density at radius 2 is 2.04 bits per heavy atom. The van der Waals surface area contributed by atoms with Crippen LogP contribution in [0.25, 0.3) is 16.5 Å². The Morgan fingerprint density at radius 1 is 1.26 bits per heavy atom. The Balaban J connectivity index is 1.96. The van der Waals surface area contributed by atoms with Crippen LogP contribution >= 0.6 is 0 Å². The lowest BCUT2D eigenvalue weighted by atomic mass is 10.0. The van der Waals surface area contributed by atoms with Gasteiger partial charge in [-0.05, 0) is 64.0 Å². The number of furan rings is 1. The van der Waals surface area contributed by atoms with Crippen molar-refractivity contribution in [3.63, 3.8) is 0 Å². The molecule has 2 heterocycles. The van der Waals surface area contributed by atoms with E-state index in [2.05, 4.69) is 10.3 Å². The molecule has 0 atom stereocenters. The van der Waals surface area contributed by atoms with Gasteiger partial charge in [-0.3, -0.25) is 4.79 Å². The highest BCUT2D eigenvalue weighted by molar-refractivity contribution is 6.04. The molecule has 2 aromatic heterocycles. The lowest BCUT2D eigenvalue weighted by Crippen LogP contribution is -2.10. The summed E-state index contributed by atoms with van der Waals surface area (Å²) < 4.78 is 11.6. The first-order chi connectivity index (χ1) is 12.9. The first-order valence-electron chi connectivity index (χ1n) is 8.99. The summed E-state index contributed by atoms with van der Waals surface area (Å²) >= 11 is 0. The monoisotopic (exact) mass is 364 g/mol. The van der Waals surface area contributed by atoms with Gasteiger partial charge in [-0.1, -0.05) is 6.07 Å². The van der Waals surface area contributed by atoms with Crippen molar-refractivity contribution < 1.29 is 13.9 Å². The summed E-state index contributed by atoms with van der Waals surface area (Å²) in [6.07, 6.45) is 1.57. The van der Waals surface area contributed by atoms with Crippen LogP contribution in [0.2, 0.25) is 0 Å². The largest absolute Gasteiger partial charge is 0.493 e. The van der Waals surface area contributed by atoms with Crippen molar-refractivity contribution in [2.24, 2.45) is 0 Å². The maximum Gasteiger partial charge on any atom is 0.249 e. The van der Waals surface area contributed by atoms with E-state index in [4.69, 9.17) is 9.15 Å². The maximum atomic E-state index is 12.4. The SMILES string of the molecule is CCOc1cc2oc(C)c(C)c2cc1/C(C)=C/C(=O)Nc1cccc(C)n1. The van der Waals surface area contributed by atoms with Crippen molar-refractivity contribution in [1.29, 1.82) is 0 Å². The first kappa shape index (κ1) is 18.7. The molecule has 0 saturated carbocycles. The van der Waals surface area contributed by atoms with E-state index < -0.39 is 0 Å². The molecule has 0 fully saturated rings. The molecule has 1 amide bonds. The molecule has 3 aromatic rings. The van der Waals surface area contributed by atoms with E-state index in [9.17, 15) is 4.79 Å². The number of pyridine rings is 1. The second-order valence-corrected chi connectivity index (χ2v) is 6.54. The fourth-order valence-corrected chi connectivity index (χ4v) is 3.00. The van der Waals surface area contributed by atoms with Crippen LogP contribution in [0.5, 0.6) is 5.75 Å². The van der Waals surface area contributed by atoms with Crippen molar-refractivity contribution in [1.82, 2.24) is 4.98 Å². The van der Waals surface area contributed by atoms with Gasteiger partial charge >= 0.3 is 0 Å². The molecule has 0 aliphatic heterocycles. The predicted molar refractivity (Wildman–Crippen MR) is 108 cm³/mol. The summed E-state index contributed by atoms with van der Waals surface area (Å²) in [6.45, 7) is 10.2. The highest BCUT2D eigenvalue weighted by atomic mass is 16.5. The van der Waals surface area contributed by atoms with Crippen LogP contribution in [0.15, 0.2) is 40.8 Å². The second kappa shape index (κ2) is 7.66. The van der Waals surface area contributed by atoms with E-state index in [1.54, 1.807) is 12.1 Å². The molecule has 5 nitrogen and oxygen atoms in total. The number of carbonyl (C=O) groups is 1. The summed E-state index contributed by atoms with van der Waals surface area (Å²) in [5.41, 5.74) is 4.42. The number of benzene rings is 1. The van der Waals surface area contributed by atoms with Crippen molar-refractivity contribution >= 4 is 28.3 Å². The standard InChI is InChI=1S/C22H24N2O3/c1-6-26-19-12-20-18(15(4)16(5)27-20)11-17(19)13(2)10-22(25)24-21-9-7-8-14(3)23-21/h7-12H,6H2,1-5H3,(H,23,24,25)/b13-10+. The second-order valence-electron chi connectivity index (χ2n) is 6.54. The smallest absolute Gasteiger partial charge is 0.249 e. The third-order valence-electron chi connectivity index (χ3n) is 4.49.